The van der Waals surface area contributed by atoms with Crippen molar-refractivity contribution in [3.05, 3.63) is 29.3 Å². The Morgan fingerprint density at radius 1 is 1.18 bits per heavy atom. The highest BCUT2D eigenvalue weighted by Gasteiger charge is 2.12. The fourth-order valence-corrected chi connectivity index (χ4v) is 1.31. The van der Waals surface area contributed by atoms with Gasteiger partial charge in [0.05, 0.1) is 0 Å². The lowest BCUT2D eigenvalue weighted by molar-refractivity contribution is -0.136. The maximum absolute atomic E-state index is 11.4. The summed E-state index contributed by atoms with van der Waals surface area (Å²) in [5.41, 5.74) is 0.546. The monoisotopic (exact) mass is 254 g/mol. The van der Waals surface area contributed by atoms with Gasteiger partial charge in [-0.2, -0.15) is 0 Å². The van der Waals surface area contributed by atoms with Gasteiger partial charge in [-0.1, -0.05) is 24.9 Å². The van der Waals surface area contributed by atoms with E-state index in [1.165, 1.54) is 0 Å². The summed E-state index contributed by atoms with van der Waals surface area (Å²) in [5.74, 6) is -1.28. The van der Waals surface area contributed by atoms with Gasteiger partial charge in [-0.25, -0.2) is 0 Å². The number of anilines is 1. The molecule has 1 aromatic carbocycles. The molecule has 17 heavy (non-hydrogen) atoms. The van der Waals surface area contributed by atoms with Crippen molar-refractivity contribution >= 4 is 29.1 Å². The highest BCUT2D eigenvalue weighted by atomic mass is 35.5. The van der Waals surface area contributed by atoms with Gasteiger partial charge in [-0.15, -0.1) is 0 Å². The number of amides is 2. The Morgan fingerprint density at radius 2 is 1.82 bits per heavy atom. The molecule has 0 saturated carbocycles. The molecule has 2 N–H and O–H groups in total. The van der Waals surface area contributed by atoms with Crippen LogP contribution in [-0.4, -0.2) is 18.4 Å². The van der Waals surface area contributed by atoms with Gasteiger partial charge in [0.25, 0.3) is 0 Å². The average molecular weight is 255 g/mol. The lowest BCUT2D eigenvalue weighted by Crippen LogP contribution is -2.35. The molecule has 2 amide bonds. The quantitative estimate of drug-likeness (QED) is 0.639. The molecule has 0 unspecified atom stereocenters. The molecule has 0 fully saturated rings. The van der Waals surface area contributed by atoms with E-state index in [1.807, 2.05) is 6.92 Å². The number of halogens is 1. The zero-order chi connectivity index (χ0) is 12.7. The molecular formula is C12H15ClN2O2. The molecular weight excluding hydrogens is 240 g/mol. The van der Waals surface area contributed by atoms with Crippen molar-refractivity contribution in [3.63, 3.8) is 0 Å². The van der Waals surface area contributed by atoms with Crippen LogP contribution in [0.1, 0.15) is 19.8 Å². The topological polar surface area (TPSA) is 58.2 Å². The molecule has 0 saturated heterocycles. The summed E-state index contributed by atoms with van der Waals surface area (Å²) < 4.78 is 0. The Labute approximate surface area is 105 Å². The highest BCUT2D eigenvalue weighted by molar-refractivity contribution is 6.39. The number of carbonyl (C=O) groups is 2. The van der Waals surface area contributed by atoms with Crippen molar-refractivity contribution < 1.29 is 9.59 Å². The maximum atomic E-state index is 11.4. The first kappa shape index (κ1) is 13.5. The van der Waals surface area contributed by atoms with Crippen molar-refractivity contribution in [2.45, 2.75) is 19.8 Å². The fraction of sp³-hybridized carbons (Fsp3) is 0.333. The van der Waals surface area contributed by atoms with Crippen molar-refractivity contribution in [3.8, 4) is 0 Å². The summed E-state index contributed by atoms with van der Waals surface area (Å²) in [4.78, 5) is 22.8. The molecule has 92 valence electrons. The molecule has 0 aliphatic heterocycles. The third-order valence-electron chi connectivity index (χ3n) is 2.12. The van der Waals surface area contributed by atoms with Crippen LogP contribution in [0.25, 0.3) is 0 Å². The first-order valence-corrected chi connectivity index (χ1v) is 5.86. The Hall–Kier alpha value is -1.55. The zero-order valence-electron chi connectivity index (χ0n) is 9.63. The van der Waals surface area contributed by atoms with Gasteiger partial charge in [0.1, 0.15) is 0 Å². The molecule has 0 aliphatic carbocycles. The summed E-state index contributed by atoms with van der Waals surface area (Å²) >= 11 is 5.70. The number of carbonyl (C=O) groups excluding carboxylic acids is 2. The molecule has 0 heterocycles. The Kier molecular flexibility index (Phi) is 5.49. The van der Waals surface area contributed by atoms with E-state index < -0.39 is 11.8 Å². The van der Waals surface area contributed by atoms with E-state index in [9.17, 15) is 9.59 Å². The van der Waals surface area contributed by atoms with Crippen LogP contribution >= 0.6 is 11.6 Å². The van der Waals surface area contributed by atoms with Crippen LogP contribution in [0.5, 0.6) is 0 Å². The summed E-state index contributed by atoms with van der Waals surface area (Å²) in [6.07, 6.45) is 1.83. The van der Waals surface area contributed by atoms with Gasteiger partial charge in [0.2, 0.25) is 0 Å². The molecule has 0 aromatic heterocycles. The van der Waals surface area contributed by atoms with Crippen molar-refractivity contribution in [2.75, 3.05) is 11.9 Å². The highest BCUT2D eigenvalue weighted by Crippen LogP contribution is 2.12. The Balaban J connectivity index is 2.43. The van der Waals surface area contributed by atoms with E-state index in [4.69, 9.17) is 11.6 Å². The van der Waals surface area contributed by atoms with E-state index in [1.54, 1.807) is 24.3 Å². The van der Waals surface area contributed by atoms with E-state index in [-0.39, 0.29) is 0 Å². The number of hydrogen-bond acceptors (Lipinski definition) is 2. The molecule has 0 atom stereocenters. The number of rotatable bonds is 4. The third-order valence-corrected chi connectivity index (χ3v) is 2.38. The molecule has 1 rings (SSSR count). The second kappa shape index (κ2) is 6.91. The van der Waals surface area contributed by atoms with Gasteiger partial charge in [0, 0.05) is 17.3 Å². The van der Waals surface area contributed by atoms with Crippen LogP contribution in [0.15, 0.2) is 24.3 Å². The lowest BCUT2D eigenvalue weighted by Gasteiger charge is -2.05. The predicted molar refractivity (Wildman–Crippen MR) is 68.0 cm³/mol. The Bertz CT molecular complexity index is 390. The lowest BCUT2D eigenvalue weighted by atomic mass is 10.3. The predicted octanol–water partition coefficient (Wildman–Crippen LogP) is 2.19. The SMILES string of the molecule is CCCCNC(=O)C(=O)Nc1ccc(Cl)cc1. The normalized spacial score (nSPS) is 9.76. The minimum Gasteiger partial charge on any atom is -0.348 e. The van der Waals surface area contributed by atoms with Crippen LogP contribution in [-0.2, 0) is 9.59 Å². The average Bonchev–Trinajstić information content (AvgIpc) is 2.32. The van der Waals surface area contributed by atoms with E-state index in [2.05, 4.69) is 10.6 Å². The van der Waals surface area contributed by atoms with Gasteiger partial charge in [-0.3, -0.25) is 9.59 Å². The summed E-state index contributed by atoms with van der Waals surface area (Å²) in [6, 6.07) is 6.57. The molecule has 0 aliphatic rings. The van der Waals surface area contributed by atoms with Crippen LogP contribution < -0.4 is 10.6 Å². The fourth-order valence-electron chi connectivity index (χ4n) is 1.18. The molecule has 4 nitrogen and oxygen atoms in total. The maximum Gasteiger partial charge on any atom is 0.313 e. The zero-order valence-corrected chi connectivity index (χ0v) is 10.4. The van der Waals surface area contributed by atoms with Crippen LogP contribution in [0, 0.1) is 0 Å². The number of hydrogen-bond donors (Lipinski definition) is 2. The smallest absolute Gasteiger partial charge is 0.313 e. The number of unbranched alkanes of at least 4 members (excludes halogenated alkanes) is 1. The Morgan fingerprint density at radius 3 is 2.41 bits per heavy atom. The molecule has 0 bridgehead atoms. The number of nitrogens with one attached hydrogen (secondary N) is 2. The minimum atomic E-state index is -0.663. The van der Waals surface area contributed by atoms with Crippen LogP contribution in [0.4, 0.5) is 5.69 Å². The van der Waals surface area contributed by atoms with Crippen LogP contribution in [0.2, 0.25) is 5.02 Å². The first-order valence-electron chi connectivity index (χ1n) is 5.48. The summed E-state index contributed by atoms with van der Waals surface area (Å²) in [7, 11) is 0. The largest absolute Gasteiger partial charge is 0.348 e. The van der Waals surface area contributed by atoms with Gasteiger partial charge < -0.3 is 10.6 Å². The van der Waals surface area contributed by atoms with Crippen molar-refractivity contribution in [1.29, 1.82) is 0 Å². The van der Waals surface area contributed by atoms with Crippen molar-refractivity contribution in [1.82, 2.24) is 5.32 Å². The second-order valence-corrected chi connectivity index (χ2v) is 4.01. The van der Waals surface area contributed by atoms with Gasteiger partial charge in [-0.05, 0) is 30.7 Å². The van der Waals surface area contributed by atoms with Gasteiger partial charge in [0.15, 0.2) is 0 Å². The minimum absolute atomic E-state index is 0.517. The first-order chi connectivity index (χ1) is 8.13. The van der Waals surface area contributed by atoms with E-state index in [0.717, 1.165) is 12.8 Å². The summed E-state index contributed by atoms with van der Waals surface area (Å²) in [6.45, 7) is 2.53. The third kappa shape index (κ3) is 4.87. The van der Waals surface area contributed by atoms with Crippen LogP contribution in [0.3, 0.4) is 0 Å². The molecule has 5 heteroatoms. The van der Waals surface area contributed by atoms with Gasteiger partial charge >= 0.3 is 11.8 Å². The van der Waals surface area contributed by atoms with E-state index in [0.29, 0.717) is 17.3 Å². The number of benzene rings is 1. The van der Waals surface area contributed by atoms with E-state index >= 15 is 0 Å². The second-order valence-electron chi connectivity index (χ2n) is 3.57. The molecule has 1 aromatic rings. The van der Waals surface area contributed by atoms with Crippen molar-refractivity contribution in [2.24, 2.45) is 0 Å². The summed E-state index contributed by atoms with van der Waals surface area (Å²) in [5, 5.41) is 5.60. The standard InChI is InChI=1S/C12H15ClN2O2/c1-2-3-8-14-11(16)12(17)15-10-6-4-9(13)5-7-10/h4-7H,2-3,8H2,1H3,(H,14,16)(H,15,17). The molecule has 0 spiro atoms. The molecule has 0 radical (unpaired) electrons.